The quantitative estimate of drug-likeness (QED) is 0.503. The van der Waals surface area contributed by atoms with Crippen LogP contribution in [0.4, 0.5) is 11.4 Å². The SMILES string of the molecule is CC1CC1CNC(=O)c1cc([N+](=O)[O-])cc(Cl)c1N. The van der Waals surface area contributed by atoms with Crippen molar-refractivity contribution in [2.75, 3.05) is 12.3 Å². The molecule has 2 rings (SSSR count). The zero-order valence-corrected chi connectivity index (χ0v) is 11.1. The Bertz CT molecular complexity index is 547. The van der Waals surface area contributed by atoms with Gasteiger partial charge in [-0.25, -0.2) is 0 Å². The summed E-state index contributed by atoms with van der Waals surface area (Å²) in [6.07, 6.45) is 1.09. The van der Waals surface area contributed by atoms with E-state index in [0.717, 1.165) is 18.6 Å². The highest BCUT2D eigenvalue weighted by molar-refractivity contribution is 6.34. The lowest BCUT2D eigenvalue weighted by molar-refractivity contribution is -0.384. The molecule has 1 fully saturated rings. The van der Waals surface area contributed by atoms with Crippen LogP contribution in [-0.4, -0.2) is 17.4 Å². The minimum atomic E-state index is -0.606. The molecule has 1 aliphatic rings. The maximum Gasteiger partial charge on any atom is 0.271 e. The minimum absolute atomic E-state index is 0.0131. The summed E-state index contributed by atoms with van der Waals surface area (Å²) in [4.78, 5) is 22.1. The topological polar surface area (TPSA) is 98.3 Å². The number of amides is 1. The number of anilines is 1. The van der Waals surface area contributed by atoms with Gasteiger partial charge in [0.25, 0.3) is 11.6 Å². The first-order chi connectivity index (χ1) is 8.90. The Morgan fingerprint density at radius 3 is 2.79 bits per heavy atom. The molecule has 0 heterocycles. The number of nitrogens with one attached hydrogen (secondary N) is 1. The van der Waals surface area contributed by atoms with E-state index in [9.17, 15) is 14.9 Å². The van der Waals surface area contributed by atoms with Crippen LogP contribution in [0.25, 0.3) is 0 Å². The summed E-state index contributed by atoms with van der Waals surface area (Å²) in [5.41, 5.74) is 5.55. The second-order valence-electron chi connectivity index (χ2n) is 4.83. The number of rotatable bonds is 4. The monoisotopic (exact) mass is 283 g/mol. The van der Waals surface area contributed by atoms with E-state index in [0.29, 0.717) is 18.4 Å². The van der Waals surface area contributed by atoms with E-state index >= 15 is 0 Å². The number of nitrogen functional groups attached to an aromatic ring is 1. The summed E-state index contributed by atoms with van der Waals surface area (Å²) >= 11 is 5.80. The van der Waals surface area contributed by atoms with Crippen LogP contribution < -0.4 is 11.1 Å². The Balaban J connectivity index is 2.17. The van der Waals surface area contributed by atoms with E-state index in [-0.39, 0.29) is 22.0 Å². The smallest absolute Gasteiger partial charge is 0.271 e. The molecule has 1 aromatic rings. The van der Waals surface area contributed by atoms with Gasteiger partial charge in [0, 0.05) is 18.7 Å². The van der Waals surface area contributed by atoms with Gasteiger partial charge in [-0.1, -0.05) is 18.5 Å². The van der Waals surface area contributed by atoms with Crippen molar-refractivity contribution in [3.8, 4) is 0 Å². The number of carbonyl (C=O) groups is 1. The number of non-ortho nitro benzene ring substituents is 1. The van der Waals surface area contributed by atoms with Crippen molar-refractivity contribution in [1.82, 2.24) is 5.32 Å². The van der Waals surface area contributed by atoms with Crippen molar-refractivity contribution in [2.24, 2.45) is 11.8 Å². The highest BCUT2D eigenvalue weighted by Gasteiger charge is 2.32. The molecule has 6 nitrogen and oxygen atoms in total. The van der Waals surface area contributed by atoms with Gasteiger partial charge in [-0.05, 0) is 18.3 Å². The Morgan fingerprint density at radius 1 is 1.63 bits per heavy atom. The fourth-order valence-corrected chi connectivity index (χ4v) is 2.11. The molecule has 0 aliphatic heterocycles. The van der Waals surface area contributed by atoms with Crippen molar-refractivity contribution in [1.29, 1.82) is 0 Å². The van der Waals surface area contributed by atoms with E-state index < -0.39 is 10.8 Å². The molecule has 3 N–H and O–H groups in total. The molecule has 0 radical (unpaired) electrons. The molecule has 19 heavy (non-hydrogen) atoms. The molecule has 2 atom stereocenters. The fraction of sp³-hybridized carbons (Fsp3) is 0.417. The summed E-state index contributed by atoms with van der Waals surface area (Å²) in [6.45, 7) is 2.66. The Hall–Kier alpha value is -1.82. The lowest BCUT2D eigenvalue weighted by Crippen LogP contribution is -2.26. The predicted molar refractivity (Wildman–Crippen MR) is 72.1 cm³/mol. The Morgan fingerprint density at radius 2 is 2.26 bits per heavy atom. The van der Waals surface area contributed by atoms with Crippen LogP contribution in [0, 0.1) is 22.0 Å². The van der Waals surface area contributed by atoms with Crippen LogP contribution >= 0.6 is 11.6 Å². The second-order valence-corrected chi connectivity index (χ2v) is 5.24. The third-order valence-electron chi connectivity index (χ3n) is 3.37. The average molecular weight is 284 g/mol. The molecule has 0 saturated heterocycles. The van der Waals surface area contributed by atoms with Crippen LogP contribution in [0.15, 0.2) is 12.1 Å². The van der Waals surface area contributed by atoms with Crippen LogP contribution in [-0.2, 0) is 0 Å². The van der Waals surface area contributed by atoms with Crippen molar-refractivity contribution < 1.29 is 9.72 Å². The van der Waals surface area contributed by atoms with Crippen LogP contribution in [0.1, 0.15) is 23.7 Å². The number of carbonyl (C=O) groups excluding carboxylic acids is 1. The van der Waals surface area contributed by atoms with Gasteiger partial charge in [0.05, 0.1) is 21.2 Å². The number of benzene rings is 1. The normalized spacial score (nSPS) is 20.9. The first-order valence-electron chi connectivity index (χ1n) is 5.91. The average Bonchev–Trinajstić information content (AvgIpc) is 3.05. The van der Waals surface area contributed by atoms with Crippen LogP contribution in [0.5, 0.6) is 0 Å². The van der Waals surface area contributed by atoms with E-state index in [1.165, 1.54) is 0 Å². The largest absolute Gasteiger partial charge is 0.397 e. The van der Waals surface area contributed by atoms with Gasteiger partial charge in [-0.2, -0.15) is 0 Å². The number of nitro groups is 1. The number of nitrogens with two attached hydrogens (primary N) is 1. The van der Waals surface area contributed by atoms with Crippen molar-refractivity contribution in [2.45, 2.75) is 13.3 Å². The third kappa shape index (κ3) is 2.96. The van der Waals surface area contributed by atoms with Gasteiger partial charge < -0.3 is 11.1 Å². The zero-order valence-electron chi connectivity index (χ0n) is 10.4. The summed E-state index contributed by atoms with van der Waals surface area (Å²) in [6, 6.07) is 2.28. The summed E-state index contributed by atoms with van der Waals surface area (Å²) in [5.74, 6) is 0.674. The molecule has 102 valence electrons. The molecule has 0 aromatic heterocycles. The van der Waals surface area contributed by atoms with Crippen molar-refractivity contribution >= 4 is 28.9 Å². The van der Waals surface area contributed by atoms with Gasteiger partial charge in [0.1, 0.15) is 0 Å². The van der Waals surface area contributed by atoms with Gasteiger partial charge >= 0.3 is 0 Å². The fourth-order valence-electron chi connectivity index (χ4n) is 1.90. The molecule has 1 amide bonds. The maximum atomic E-state index is 12.0. The maximum absolute atomic E-state index is 12.0. The molecule has 1 saturated carbocycles. The molecule has 0 bridgehead atoms. The zero-order chi connectivity index (χ0) is 14.2. The highest BCUT2D eigenvalue weighted by atomic mass is 35.5. The van der Waals surface area contributed by atoms with Crippen molar-refractivity contribution in [3.63, 3.8) is 0 Å². The number of hydrogen-bond acceptors (Lipinski definition) is 4. The number of halogens is 1. The predicted octanol–water partition coefficient (Wildman–Crippen LogP) is 2.22. The molecular weight excluding hydrogens is 270 g/mol. The first-order valence-corrected chi connectivity index (χ1v) is 6.29. The van der Waals surface area contributed by atoms with Crippen molar-refractivity contribution in [3.05, 3.63) is 32.8 Å². The molecule has 0 spiro atoms. The van der Waals surface area contributed by atoms with Gasteiger partial charge in [-0.3, -0.25) is 14.9 Å². The molecular formula is C12H14ClN3O3. The first kappa shape index (κ1) is 13.6. The van der Waals surface area contributed by atoms with E-state index in [4.69, 9.17) is 17.3 Å². The van der Waals surface area contributed by atoms with Gasteiger partial charge in [0.2, 0.25) is 0 Å². The van der Waals surface area contributed by atoms with E-state index in [2.05, 4.69) is 12.2 Å². The minimum Gasteiger partial charge on any atom is -0.397 e. The summed E-state index contributed by atoms with van der Waals surface area (Å²) in [5, 5.41) is 13.5. The van der Waals surface area contributed by atoms with E-state index in [1.807, 2.05) is 0 Å². The third-order valence-corrected chi connectivity index (χ3v) is 3.68. The lowest BCUT2D eigenvalue weighted by Gasteiger charge is -2.08. The van der Waals surface area contributed by atoms with Gasteiger partial charge in [-0.15, -0.1) is 0 Å². The second kappa shape index (κ2) is 5.05. The lowest BCUT2D eigenvalue weighted by atomic mass is 10.1. The molecule has 1 aliphatic carbocycles. The number of nitrogens with zero attached hydrogens (tertiary/aromatic N) is 1. The Kier molecular flexibility index (Phi) is 3.61. The standard InChI is InChI=1S/C12H14ClN3O3/c1-6-2-7(6)5-15-12(17)9-3-8(16(18)19)4-10(13)11(9)14/h3-4,6-7H,2,5,14H2,1H3,(H,15,17). The summed E-state index contributed by atoms with van der Waals surface area (Å²) in [7, 11) is 0. The van der Waals surface area contributed by atoms with E-state index in [1.54, 1.807) is 0 Å². The molecule has 2 unspecified atom stereocenters. The van der Waals surface area contributed by atoms with Crippen LogP contribution in [0.3, 0.4) is 0 Å². The molecule has 7 heteroatoms. The van der Waals surface area contributed by atoms with Gasteiger partial charge in [0.15, 0.2) is 0 Å². The highest BCUT2D eigenvalue weighted by Crippen LogP contribution is 2.37. The Labute approximate surface area is 115 Å². The number of nitro benzene ring substituents is 1. The van der Waals surface area contributed by atoms with Crippen LogP contribution in [0.2, 0.25) is 5.02 Å². The number of hydrogen-bond donors (Lipinski definition) is 2. The molecule has 1 aromatic carbocycles. The summed E-state index contributed by atoms with van der Waals surface area (Å²) < 4.78 is 0.